The van der Waals surface area contributed by atoms with Crippen LogP contribution in [-0.2, 0) is 22.6 Å². The number of para-hydroxylation sites is 1. The van der Waals surface area contributed by atoms with E-state index in [0.29, 0.717) is 12.2 Å². The molecule has 168 valence electrons. The Bertz CT molecular complexity index is 1010. The summed E-state index contributed by atoms with van der Waals surface area (Å²) in [6, 6.07) is 20.7. The average Bonchev–Trinajstić information content (AvgIpc) is 3.20. The lowest BCUT2D eigenvalue weighted by atomic mass is 10.2. The van der Waals surface area contributed by atoms with Gasteiger partial charge in [0.1, 0.15) is 12.1 Å². The largest absolute Gasteiger partial charge is 0.459 e. The smallest absolute Gasteiger partial charge is 0.329 e. The zero-order chi connectivity index (χ0) is 23.0. The second kappa shape index (κ2) is 10.6. The maximum Gasteiger partial charge on any atom is 0.329 e. The molecule has 3 rings (SSSR count). The monoisotopic (exact) mass is 435 g/mol. The second-order valence-corrected chi connectivity index (χ2v) is 8.31. The van der Waals surface area contributed by atoms with Crippen molar-refractivity contribution in [3.8, 4) is 5.69 Å². The molecule has 0 fully saturated rings. The Morgan fingerprint density at radius 2 is 1.66 bits per heavy atom. The summed E-state index contributed by atoms with van der Waals surface area (Å²) in [7, 11) is 0. The van der Waals surface area contributed by atoms with Gasteiger partial charge in [-0.05, 0) is 44.5 Å². The zero-order valence-corrected chi connectivity index (χ0v) is 18.6. The van der Waals surface area contributed by atoms with E-state index in [-0.39, 0.29) is 13.1 Å². The van der Waals surface area contributed by atoms with Crippen molar-refractivity contribution >= 4 is 12.0 Å². The average molecular weight is 436 g/mol. The quantitative estimate of drug-likeness (QED) is 0.418. The molecule has 0 atom stereocenters. The molecule has 1 heterocycles. The van der Waals surface area contributed by atoms with E-state index in [4.69, 9.17) is 4.74 Å². The molecule has 0 saturated carbocycles. The van der Waals surface area contributed by atoms with Crippen LogP contribution in [0, 0.1) is 0 Å². The predicted octanol–water partition coefficient (Wildman–Crippen LogP) is 3.43. The molecular formula is C24H29N5O3. The highest BCUT2D eigenvalue weighted by atomic mass is 16.6. The van der Waals surface area contributed by atoms with Gasteiger partial charge in [0.2, 0.25) is 0 Å². The van der Waals surface area contributed by atoms with Crippen LogP contribution in [0.2, 0.25) is 0 Å². The Balaban J connectivity index is 1.65. The number of hydrogen-bond donors (Lipinski definition) is 2. The van der Waals surface area contributed by atoms with Gasteiger partial charge in [0.05, 0.1) is 17.9 Å². The summed E-state index contributed by atoms with van der Waals surface area (Å²) in [5.41, 5.74) is 4.71. The number of nitrogens with zero attached hydrogens (tertiary/aromatic N) is 3. The van der Waals surface area contributed by atoms with Gasteiger partial charge in [0.25, 0.3) is 0 Å². The molecule has 8 heteroatoms. The molecule has 0 unspecified atom stereocenters. The Hall–Kier alpha value is -3.65. The first-order valence-electron chi connectivity index (χ1n) is 10.4. The molecule has 2 aromatic carbocycles. The van der Waals surface area contributed by atoms with E-state index in [1.54, 1.807) is 25.5 Å². The van der Waals surface area contributed by atoms with Gasteiger partial charge >= 0.3 is 12.0 Å². The standard InChI is InChI=1S/C24H29N5O3/c1-24(2,3)32-22(30)18-28(27-23(31)25-16-19-10-6-4-7-11-19)17-20-14-15-29(26-20)21-12-8-5-9-13-21/h4-15H,16-18H2,1-3H3,(H2,25,27,31). The van der Waals surface area contributed by atoms with E-state index in [0.717, 1.165) is 11.3 Å². The fraction of sp³-hybridized carbons (Fsp3) is 0.292. The fourth-order valence-corrected chi connectivity index (χ4v) is 2.99. The van der Waals surface area contributed by atoms with Crippen molar-refractivity contribution in [2.75, 3.05) is 6.54 Å². The Kier molecular flexibility index (Phi) is 7.62. The van der Waals surface area contributed by atoms with Crippen LogP contribution >= 0.6 is 0 Å². The van der Waals surface area contributed by atoms with Crippen LogP contribution in [0.1, 0.15) is 32.0 Å². The van der Waals surface area contributed by atoms with Gasteiger partial charge in [-0.1, -0.05) is 48.5 Å². The Morgan fingerprint density at radius 1 is 1.00 bits per heavy atom. The van der Waals surface area contributed by atoms with E-state index in [1.807, 2.05) is 72.9 Å². The van der Waals surface area contributed by atoms with E-state index >= 15 is 0 Å². The number of urea groups is 1. The number of hydrazine groups is 1. The molecule has 0 saturated heterocycles. The number of esters is 1. The van der Waals surface area contributed by atoms with Gasteiger partial charge in [-0.2, -0.15) is 5.10 Å². The zero-order valence-electron chi connectivity index (χ0n) is 18.6. The summed E-state index contributed by atoms with van der Waals surface area (Å²) < 4.78 is 7.16. The normalized spacial score (nSPS) is 11.2. The minimum absolute atomic E-state index is 0.117. The lowest BCUT2D eigenvalue weighted by Gasteiger charge is -2.25. The van der Waals surface area contributed by atoms with Gasteiger partial charge in [0.15, 0.2) is 0 Å². The molecule has 0 aliphatic heterocycles. The maximum atomic E-state index is 12.5. The summed E-state index contributed by atoms with van der Waals surface area (Å²) in [5.74, 6) is -0.441. The van der Waals surface area contributed by atoms with E-state index in [2.05, 4.69) is 15.8 Å². The third-order valence-corrected chi connectivity index (χ3v) is 4.31. The first kappa shape index (κ1) is 23.0. The van der Waals surface area contributed by atoms with Crippen LogP contribution in [0.5, 0.6) is 0 Å². The van der Waals surface area contributed by atoms with Crippen LogP contribution in [-0.4, -0.2) is 38.9 Å². The lowest BCUT2D eigenvalue weighted by molar-refractivity contribution is -0.156. The number of aromatic nitrogens is 2. The predicted molar refractivity (Wildman–Crippen MR) is 122 cm³/mol. The Labute approximate surface area is 188 Å². The molecule has 0 bridgehead atoms. The van der Waals surface area contributed by atoms with E-state index in [1.165, 1.54) is 5.01 Å². The highest BCUT2D eigenvalue weighted by molar-refractivity contribution is 5.75. The van der Waals surface area contributed by atoms with E-state index < -0.39 is 17.6 Å². The number of rotatable bonds is 8. The van der Waals surface area contributed by atoms with Gasteiger partial charge in [0, 0.05) is 12.7 Å². The summed E-state index contributed by atoms with van der Waals surface area (Å²) in [4.78, 5) is 24.9. The molecule has 3 aromatic rings. The molecule has 0 aliphatic rings. The van der Waals surface area contributed by atoms with Crippen LogP contribution < -0.4 is 10.7 Å². The highest BCUT2D eigenvalue weighted by Crippen LogP contribution is 2.10. The van der Waals surface area contributed by atoms with Crippen LogP contribution in [0.15, 0.2) is 72.9 Å². The number of ether oxygens (including phenoxy) is 1. The minimum Gasteiger partial charge on any atom is -0.459 e. The summed E-state index contributed by atoms with van der Waals surface area (Å²) in [5, 5.41) is 8.84. The van der Waals surface area contributed by atoms with E-state index in [9.17, 15) is 9.59 Å². The number of nitrogens with one attached hydrogen (secondary N) is 2. The SMILES string of the molecule is CC(C)(C)OC(=O)CN(Cc1ccn(-c2ccccc2)n1)NC(=O)NCc1ccccc1. The van der Waals surface area contributed by atoms with Crippen LogP contribution in [0.25, 0.3) is 5.69 Å². The summed E-state index contributed by atoms with van der Waals surface area (Å²) >= 11 is 0. The third kappa shape index (κ3) is 7.55. The Morgan fingerprint density at radius 3 is 2.31 bits per heavy atom. The number of carbonyl (C=O) groups excluding carboxylic acids is 2. The maximum absolute atomic E-state index is 12.5. The highest BCUT2D eigenvalue weighted by Gasteiger charge is 2.21. The van der Waals surface area contributed by atoms with Crippen molar-refractivity contribution in [1.29, 1.82) is 0 Å². The molecule has 8 nitrogen and oxygen atoms in total. The summed E-state index contributed by atoms with van der Waals surface area (Å²) in [6.07, 6.45) is 1.84. The first-order chi connectivity index (χ1) is 15.3. The molecule has 2 amide bonds. The molecule has 0 radical (unpaired) electrons. The molecule has 0 spiro atoms. The van der Waals surface area contributed by atoms with Crippen molar-refractivity contribution in [3.63, 3.8) is 0 Å². The van der Waals surface area contributed by atoms with Gasteiger partial charge in [-0.3, -0.25) is 10.2 Å². The number of hydrogen-bond acceptors (Lipinski definition) is 5. The minimum atomic E-state index is -0.618. The first-order valence-corrected chi connectivity index (χ1v) is 10.4. The molecule has 2 N–H and O–H groups in total. The molecular weight excluding hydrogens is 406 g/mol. The van der Waals surface area contributed by atoms with Crippen LogP contribution in [0.3, 0.4) is 0 Å². The van der Waals surface area contributed by atoms with Crippen molar-refractivity contribution in [1.82, 2.24) is 25.5 Å². The van der Waals surface area contributed by atoms with Crippen molar-refractivity contribution in [2.45, 2.75) is 39.5 Å². The number of amides is 2. The topological polar surface area (TPSA) is 88.5 Å². The second-order valence-electron chi connectivity index (χ2n) is 8.31. The summed E-state index contributed by atoms with van der Waals surface area (Å²) in [6.45, 7) is 5.89. The fourth-order valence-electron chi connectivity index (χ4n) is 2.99. The molecule has 1 aromatic heterocycles. The lowest BCUT2D eigenvalue weighted by Crippen LogP contribution is -2.49. The third-order valence-electron chi connectivity index (χ3n) is 4.31. The number of benzene rings is 2. The van der Waals surface area contributed by atoms with Gasteiger partial charge in [-0.15, -0.1) is 0 Å². The molecule has 32 heavy (non-hydrogen) atoms. The van der Waals surface area contributed by atoms with Gasteiger partial charge < -0.3 is 10.1 Å². The van der Waals surface area contributed by atoms with Crippen LogP contribution in [0.4, 0.5) is 4.79 Å². The molecule has 0 aliphatic carbocycles. The number of carbonyl (C=O) groups is 2. The van der Waals surface area contributed by atoms with Crippen molar-refractivity contribution < 1.29 is 14.3 Å². The van der Waals surface area contributed by atoms with Crippen molar-refractivity contribution in [3.05, 3.63) is 84.2 Å². The van der Waals surface area contributed by atoms with Crippen molar-refractivity contribution in [2.24, 2.45) is 0 Å². The van der Waals surface area contributed by atoms with Gasteiger partial charge in [-0.25, -0.2) is 14.5 Å².